The molecule has 0 N–H and O–H groups in total. The molecule has 0 amide bonds. The molecule has 0 spiro atoms. The lowest BCUT2D eigenvalue weighted by atomic mass is 9.90. The molecule has 2 aliphatic rings. The van der Waals surface area contributed by atoms with Gasteiger partial charge in [-0.15, -0.1) is 0 Å². The summed E-state index contributed by atoms with van der Waals surface area (Å²) in [7, 11) is -8.08. The van der Waals surface area contributed by atoms with E-state index in [9.17, 15) is 16.8 Å². The molecule has 0 radical (unpaired) electrons. The van der Waals surface area contributed by atoms with Gasteiger partial charge in [0.25, 0.3) is 0 Å². The third-order valence-electron chi connectivity index (χ3n) is 5.95. The lowest BCUT2D eigenvalue weighted by molar-refractivity contribution is 0.361. The third kappa shape index (κ3) is 3.25. The van der Waals surface area contributed by atoms with Gasteiger partial charge < -0.3 is 0 Å². The number of sulfone groups is 2. The van der Waals surface area contributed by atoms with Gasteiger partial charge in [0.05, 0.1) is 9.79 Å². The highest BCUT2D eigenvalue weighted by molar-refractivity contribution is 14.1. The summed E-state index contributed by atoms with van der Waals surface area (Å²) in [6.07, 6.45) is 2.92. The first-order chi connectivity index (χ1) is 12.8. The number of benzene rings is 2. The molecule has 2 aromatic carbocycles. The summed E-state index contributed by atoms with van der Waals surface area (Å²) in [5.41, 5.74) is 0. The average molecular weight is 516 g/mol. The van der Waals surface area contributed by atoms with Crippen LogP contribution in [0.4, 0.5) is 0 Å². The van der Waals surface area contributed by atoms with Crippen LogP contribution in [0.3, 0.4) is 0 Å². The van der Waals surface area contributed by atoms with E-state index in [-0.39, 0.29) is 25.6 Å². The van der Waals surface area contributed by atoms with Gasteiger partial charge in [0.15, 0.2) is 24.3 Å². The zero-order valence-corrected chi connectivity index (χ0v) is 18.4. The van der Waals surface area contributed by atoms with E-state index in [0.717, 1.165) is 19.3 Å². The number of alkyl halides is 1. The van der Waals surface area contributed by atoms with Gasteiger partial charge in [0.2, 0.25) is 0 Å². The van der Waals surface area contributed by atoms with Crippen LogP contribution in [-0.4, -0.2) is 25.3 Å². The Bertz CT molecular complexity index is 949. The highest BCUT2D eigenvalue weighted by Crippen LogP contribution is 2.55. The summed E-state index contributed by atoms with van der Waals surface area (Å²) < 4.78 is 52.9. The quantitative estimate of drug-likeness (QED) is 0.443. The molecule has 0 unspecified atom stereocenters. The summed E-state index contributed by atoms with van der Waals surface area (Å²) in [5, 5.41) is 0. The normalized spacial score (nSPS) is 27.9. The zero-order chi connectivity index (χ0) is 19.2. The van der Waals surface area contributed by atoms with Gasteiger partial charge in [0.1, 0.15) is 0 Å². The summed E-state index contributed by atoms with van der Waals surface area (Å²) in [5.74, 6) is 0.193. The Labute approximate surface area is 174 Å². The Morgan fingerprint density at radius 1 is 0.741 bits per heavy atom. The van der Waals surface area contributed by atoms with Gasteiger partial charge in [-0.05, 0) is 55.4 Å². The zero-order valence-electron chi connectivity index (χ0n) is 14.6. The molecule has 0 heterocycles. The molecule has 0 aliphatic heterocycles. The predicted octanol–water partition coefficient (Wildman–Crippen LogP) is 4.11. The van der Waals surface area contributed by atoms with Crippen LogP contribution in [0.5, 0.6) is 0 Å². The molecule has 4 rings (SSSR count). The first-order valence-electron chi connectivity index (χ1n) is 9.05. The van der Waals surface area contributed by atoms with E-state index in [0.29, 0.717) is 5.92 Å². The molecule has 7 heteroatoms. The van der Waals surface area contributed by atoms with E-state index in [4.69, 9.17) is 0 Å². The minimum Gasteiger partial charge on any atom is -0.222 e. The predicted molar refractivity (Wildman–Crippen MR) is 113 cm³/mol. The highest BCUT2D eigenvalue weighted by Gasteiger charge is 2.57. The molecule has 4 atom stereocenters. The van der Waals surface area contributed by atoms with Crippen molar-refractivity contribution in [3.05, 3.63) is 60.7 Å². The van der Waals surface area contributed by atoms with Crippen LogP contribution < -0.4 is 0 Å². The molecule has 0 aromatic heterocycles. The van der Waals surface area contributed by atoms with Crippen molar-refractivity contribution in [1.29, 1.82) is 0 Å². The lowest BCUT2D eigenvalue weighted by Gasteiger charge is -2.33. The lowest BCUT2D eigenvalue weighted by Crippen LogP contribution is -2.44. The van der Waals surface area contributed by atoms with Gasteiger partial charge in [0, 0.05) is 9.84 Å². The molecule has 2 saturated carbocycles. The van der Waals surface area contributed by atoms with Gasteiger partial charge in [-0.3, -0.25) is 0 Å². The number of fused-ring (bicyclic) bond motifs is 2. The second kappa shape index (κ2) is 7.15. The Balaban J connectivity index is 1.89. The number of rotatable bonds is 5. The molecule has 2 aliphatic carbocycles. The maximum Gasteiger partial charge on any atom is 0.196 e. The monoisotopic (exact) mass is 516 g/mol. The molecular weight excluding hydrogens is 495 g/mol. The third-order valence-corrected chi connectivity index (χ3v) is 13.0. The van der Waals surface area contributed by atoms with Crippen LogP contribution in [0.1, 0.15) is 19.3 Å². The Kier molecular flexibility index (Phi) is 5.13. The molecule has 4 nitrogen and oxygen atoms in total. The first-order valence-corrected chi connectivity index (χ1v) is 13.4. The first kappa shape index (κ1) is 19.4. The Morgan fingerprint density at radius 3 is 1.59 bits per heavy atom. The molecule has 2 fully saturated rings. The van der Waals surface area contributed by atoms with Crippen molar-refractivity contribution < 1.29 is 16.8 Å². The van der Waals surface area contributed by atoms with E-state index >= 15 is 0 Å². The van der Waals surface area contributed by atoms with E-state index in [1.54, 1.807) is 36.4 Å². The Morgan fingerprint density at radius 2 is 1.19 bits per heavy atom. The fourth-order valence-electron chi connectivity index (χ4n) is 4.71. The van der Waals surface area contributed by atoms with Crippen LogP contribution in [-0.2, 0) is 19.7 Å². The molecule has 27 heavy (non-hydrogen) atoms. The molecule has 2 bridgehead atoms. The summed E-state index contributed by atoms with van der Waals surface area (Å²) >= 11 is 2.29. The van der Waals surface area contributed by atoms with E-state index in [2.05, 4.69) is 22.6 Å². The van der Waals surface area contributed by atoms with Crippen LogP contribution in [0.2, 0.25) is 0 Å². The fourth-order valence-corrected chi connectivity index (χ4v) is 12.1. The summed E-state index contributed by atoms with van der Waals surface area (Å²) in [6.45, 7) is 0. The smallest absolute Gasteiger partial charge is 0.196 e. The van der Waals surface area contributed by atoms with Crippen LogP contribution >= 0.6 is 22.6 Å². The van der Waals surface area contributed by atoms with Crippen molar-refractivity contribution in [1.82, 2.24) is 0 Å². The van der Waals surface area contributed by atoms with Gasteiger partial charge in [-0.1, -0.05) is 59.0 Å². The van der Waals surface area contributed by atoms with Gasteiger partial charge in [-0.25, -0.2) is 16.8 Å². The van der Waals surface area contributed by atoms with Gasteiger partial charge >= 0.3 is 0 Å². The van der Waals surface area contributed by atoms with Crippen molar-refractivity contribution in [2.24, 2.45) is 17.8 Å². The van der Waals surface area contributed by atoms with Crippen molar-refractivity contribution in [3.63, 3.8) is 0 Å². The van der Waals surface area contributed by atoms with Crippen molar-refractivity contribution >= 4 is 42.3 Å². The summed E-state index contributed by atoms with van der Waals surface area (Å²) in [6, 6.07) is 16.0. The topological polar surface area (TPSA) is 68.3 Å². The second-order valence-corrected chi connectivity index (χ2v) is 13.3. The average Bonchev–Trinajstić information content (AvgIpc) is 3.26. The van der Waals surface area contributed by atoms with Gasteiger partial charge in [-0.2, -0.15) is 0 Å². The number of halogens is 1. The summed E-state index contributed by atoms with van der Waals surface area (Å²) in [4.78, 5) is 0.168. The molecule has 2 aromatic rings. The highest BCUT2D eigenvalue weighted by atomic mass is 127. The van der Waals surface area contributed by atoms with E-state index < -0.39 is 24.3 Å². The number of hydrogen-bond acceptors (Lipinski definition) is 4. The maximum atomic E-state index is 13.6. The maximum absolute atomic E-state index is 13.6. The Hall–Kier alpha value is -0.930. The minimum atomic E-state index is -4.04. The van der Waals surface area contributed by atoms with Crippen LogP contribution in [0.15, 0.2) is 70.5 Å². The fraction of sp³-hybridized carbons (Fsp3) is 0.400. The van der Waals surface area contributed by atoms with E-state index in [1.807, 2.05) is 0 Å². The van der Waals surface area contributed by atoms with Crippen molar-refractivity contribution in [2.75, 3.05) is 0 Å². The van der Waals surface area contributed by atoms with Crippen LogP contribution in [0.25, 0.3) is 0 Å². The number of hydrogen-bond donors (Lipinski definition) is 0. The second-order valence-electron chi connectivity index (χ2n) is 7.44. The minimum absolute atomic E-state index is 0.0586. The van der Waals surface area contributed by atoms with Crippen molar-refractivity contribution in [3.8, 4) is 0 Å². The van der Waals surface area contributed by atoms with Crippen LogP contribution in [0, 0.1) is 17.8 Å². The largest absolute Gasteiger partial charge is 0.222 e. The molecule has 144 valence electrons. The van der Waals surface area contributed by atoms with Crippen molar-refractivity contribution in [2.45, 2.75) is 37.6 Å². The molecule has 0 saturated heterocycles. The SMILES string of the molecule is O=S(=O)(c1ccccc1)C([C@@H]1[C@H]2CC[C@H](C2)[C@@H]1I)S(=O)(=O)c1ccccc1. The standard InChI is InChI=1S/C20H21IO4S2/c21-19-15-12-11-14(13-15)18(19)20(26(22,23)16-7-3-1-4-8-16)27(24,25)17-9-5-2-6-10-17/h1-10,14-15,18-20H,11-13H2/t14-,15+,18+,19-/m0/s1. The molecular formula is C20H21IO4S2. The van der Waals surface area contributed by atoms with E-state index in [1.165, 1.54) is 24.3 Å².